The minimum absolute atomic E-state index is 0.364. The topological polar surface area (TPSA) is 78.4 Å². The molecule has 0 radical (unpaired) electrons. The van der Waals surface area contributed by atoms with Gasteiger partial charge in [0.1, 0.15) is 0 Å². The van der Waals surface area contributed by atoms with Crippen molar-refractivity contribution in [2.75, 3.05) is 65.7 Å². The molecule has 2 aliphatic rings. The molecule has 1 unspecified atom stereocenters. The molecule has 2 rings (SSSR count). The second-order valence-electron chi connectivity index (χ2n) is 7.03. The van der Waals surface area contributed by atoms with E-state index in [-0.39, 0.29) is 0 Å². The van der Waals surface area contributed by atoms with Crippen molar-refractivity contribution < 1.29 is 14.6 Å². The van der Waals surface area contributed by atoms with E-state index in [1.54, 1.807) is 0 Å². The molecule has 2 fully saturated rings. The lowest BCUT2D eigenvalue weighted by Crippen LogP contribution is -2.48. The number of guanidine groups is 1. The van der Waals surface area contributed by atoms with Crippen molar-refractivity contribution in [3.63, 3.8) is 0 Å². The van der Waals surface area contributed by atoms with Crippen LogP contribution in [0.15, 0.2) is 4.99 Å². The zero-order chi connectivity index (χ0) is 17.3. The third kappa shape index (κ3) is 8.28. The van der Waals surface area contributed by atoms with Crippen LogP contribution in [0, 0.1) is 5.92 Å². The summed E-state index contributed by atoms with van der Waals surface area (Å²) >= 11 is 0. The van der Waals surface area contributed by atoms with Gasteiger partial charge in [-0.2, -0.15) is 0 Å². The van der Waals surface area contributed by atoms with Gasteiger partial charge in [0.25, 0.3) is 0 Å². The molecule has 7 heteroatoms. The summed E-state index contributed by atoms with van der Waals surface area (Å²) in [6.45, 7) is 11.2. The molecule has 3 N–H and O–H groups in total. The summed E-state index contributed by atoms with van der Waals surface area (Å²) in [5, 5.41) is 17.1. The van der Waals surface area contributed by atoms with Crippen LogP contribution in [-0.4, -0.2) is 87.3 Å². The molecular formula is C17H34N4O3. The van der Waals surface area contributed by atoms with E-state index in [4.69, 9.17) is 9.47 Å². The van der Waals surface area contributed by atoms with Gasteiger partial charge in [-0.25, -0.2) is 0 Å². The Kier molecular flexibility index (Phi) is 8.24. The first kappa shape index (κ1) is 19.4. The van der Waals surface area contributed by atoms with Gasteiger partial charge in [0, 0.05) is 39.3 Å². The molecule has 1 saturated heterocycles. The summed E-state index contributed by atoms with van der Waals surface area (Å²) < 4.78 is 11.0. The maximum absolute atomic E-state index is 10.6. The van der Waals surface area contributed by atoms with Crippen molar-refractivity contribution in [3.8, 4) is 0 Å². The van der Waals surface area contributed by atoms with E-state index < -0.39 is 5.60 Å². The first-order chi connectivity index (χ1) is 11.6. The number of nitrogens with zero attached hydrogens (tertiary/aromatic N) is 2. The minimum atomic E-state index is -0.845. The van der Waals surface area contributed by atoms with E-state index in [0.717, 1.165) is 57.9 Å². The molecule has 0 aromatic rings. The predicted octanol–water partition coefficient (Wildman–Crippen LogP) is 0.0513. The highest BCUT2D eigenvalue weighted by Crippen LogP contribution is 2.28. The molecule has 1 aliphatic heterocycles. The smallest absolute Gasteiger partial charge is 0.191 e. The predicted molar refractivity (Wildman–Crippen MR) is 95.4 cm³/mol. The molecule has 140 valence electrons. The fourth-order valence-corrected chi connectivity index (χ4v) is 2.66. The van der Waals surface area contributed by atoms with E-state index in [1.807, 2.05) is 13.8 Å². The van der Waals surface area contributed by atoms with Gasteiger partial charge in [0.2, 0.25) is 0 Å². The summed E-state index contributed by atoms with van der Waals surface area (Å²) in [6, 6.07) is 0. The zero-order valence-corrected chi connectivity index (χ0v) is 15.2. The molecule has 0 spiro atoms. The van der Waals surface area contributed by atoms with Crippen LogP contribution >= 0.6 is 0 Å². The maximum atomic E-state index is 10.6. The van der Waals surface area contributed by atoms with E-state index >= 15 is 0 Å². The molecule has 24 heavy (non-hydrogen) atoms. The van der Waals surface area contributed by atoms with Crippen LogP contribution in [0.5, 0.6) is 0 Å². The number of rotatable bonds is 10. The number of hydrogen-bond acceptors (Lipinski definition) is 5. The molecule has 0 amide bonds. The lowest BCUT2D eigenvalue weighted by molar-refractivity contribution is -0.0180. The molecule has 1 aliphatic carbocycles. The van der Waals surface area contributed by atoms with Crippen molar-refractivity contribution in [1.29, 1.82) is 0 Å². The van der Waals surface area contributed by atoms with Crippen molar-refractivity contribution in [1.82, 2.24) is 15.5 Å². The summed E-state index contributed by atoms with van der Waals surface area (Å²) in [5.74, 6) is 1.52. The number of hydrogen-bond donors (Lipinski definition) is 3. The monoisotopic (exact) mass is 342 g/mol. The second kappa shape index (κ2) is 10.2. The number of ether oxygens (including phenoxy) is 2. The summed E-state index contributed by atoms with van der Waals surface area (Å²) in [4.78, 5) is 6.75. The van der Waals surface area contributed by atoms with Crippen LogP contribution in [0.4, 0.5) is 0 Å². The number of β-amino-alcohol motifs (C(OH)–C–C–N with tert-alkyl or cyclic N) is 1. The van der Waals surface area contributed by atoms with E-state index in [9.17, 15) is 5.11 Å². The molecule has 0 bridgehead atoms. The SMILES string of the molecule is CCNC(=NCC(C)(O)CN1CCOCC1)NCCOCC1CC1. The van der Waals surface area contributed by atoms with Crippen molar-refractivity contribution in [3.05, 3.63) is 0 Å². The first-order valence-electron chi connectivity index (χ1n) is 9.21. The normalized spacial score (nSPS) is 22.2. The van der Waals surface area contributed by atoms with E-state index in [2.05, 4.69) is 20.5 Å². The van der Waals surface area contributed by atoms with Crippen molar-refractivity contribution in [2.45, 2.75) is 32.3 Å². The Balaban J connectivity index is 1.68. The fraction of sp³-hybridized carbons (Fsp3) is 0.941. The Labute approximate surface area is 145 Å². The van der Waals surface area contributed by atoms with Gasteiger partial charge in [0.15, 0.2) is 5.96 Å². The van der Waals surface area contributed by atoms with Crippen molar-refractivity contribution >= 4 is 5.96 Å². The highest BCUT2D eigenvalue weighted by molar-refractivity contribution is 5.79. The van der Waals surface area contributed by atoms with Gasteiger partial charge >= 0.3 is 0 Å². The van der Waals surface area contributed by atoms with Gasteiger partial charge in [-0.3, -0.25) is 9.89 Å². The lowest BCUT2D eigenvalue weighted by atomic mass is 10.1. The minimum Gasteiger partial charge on any atom is -0.387 e. The number of aliphatic imine (C=N–C) groups is 1. The lowest BCUT2D eigenvalue weighted by Gasteiger charge is -2.33. The molecule has 1 saturated carbocycles. The van der Waals surface area contributed by atoms with Gasteiger partial charge in [-0.05, 0) is 32.6 Å². The second-order valence-corrected chi connectivity index (χ2v) is 7.03. The number of nitrogens with one attached hydrogen (secondary N) is 2. The zero-order valence-electron chi connectivity index (χ0n) is 15.2. The van der Waals surface area contributed by atoms with Crippen LogP contribution in [0.1, 0.15) is 26.7 Å². The van der Waals surface area contributed by atoms with E-state index in [0.29, 0.717) is 19.7 Å². The van der Waals surface area contributed by atoms with Gasteiger partial charge in [-0.15, -0.1) is 0 Å². The van der Waals surface area contributed by atoms with Crippen LogP contribution in [-0.2, 0) is 9.47 Å². The molecule has 1 atom stereocenters. The summed E-state index contributed by atoms with van der Waals surface area (Å²) in [5.41, 5.74) is -0.845. The Bertz CT molecular complexity index is 380. The molecule has 7 nitrogen and oxygen atoms in total. The first-order valence-corrected chi connectivity index (χ1v) is 9.21. The van der Waals surface area contributed by atoms with Crippen molar-refractivity contribution in [2.24, 2.45) is 10.9 Å². The Morgan fingerprint density at radius 1 is 1.33 bits per heavy atom. The molecular weight excluding hydrogens is 308 g/mol. The Morgan fingerprint density at radius 3 is 2.75 bits per heavy atom. The van der Waals surface area contributed by atoms with Crippen LogP contribution in [0.2, 0.25) is 0 Å². The van der Waals surface area contributed by atoms with Gasteiger partial charge in [-0.1, -0.05) is 0 Å². The highest BCUT2D eigenvalue weighted by atomic mass is 16.5. The third-order valence-corrected chi connectivity index (χ3v) is 4.18. The van der Waals surface area contributed by atoms with Crippen LogP contribution in [0.25, 0.3) is 0 Å². The highest BCUT2D eigenvalue weighted by Gasteiger charge is 2.25. The summed E-state index contributed by atoms with van der Waals surface area (Å²) in [6.07, 6.45) is 2.63. The quantitative estimate of drug-likeness (QED) is 0.296. The van der Waals surface area contributed by atoms with Crippen LogP contribution < -0.4 is 10.6 Å². The molecule has 0 aromatic heterocycles. The van der Waals surface area contributed by atoms with Crippen LogP contribution in [0.3, 0.4) is 0 Å². The number of aliphatic hydroxyl groups is 1. The van der Waals surface area contributed by atoms with Gasteiger partial charge < -0.3 is 25.2 Å². The Hall–Kier alpha value is -0.890. The average Bonchev–Trinajstić information content (AvgIpc) is 3.37. The maximum Gasteiger partial charge on any atom is 0.191 e. The summed E-state index contributed by atoms with van der Waals surface area (Å²) in [7, 11) is 0. The standard InChI is InChI=1S/C17H34N4O3/c1-3-18-16(19-6-9-24-12-15-4-5-15)20-13-17(2,22)14-21-7-10-23-11-8-21/h15,22H,3-14H2,1-2H3,(H2,18,19,20). The molecule has 1 heterocycles. The van der Waals surface area contributed by atoms with E-state index in [1.165, 1.54) is 12.8 Å². The average molecular weight is 342 g/mol. The van der Waals surface area contributed by atoms with Gasteiger partial charge in [0.05, 0.1) is 32.0 Å². The third-order valence-electron chi connectivity index (χ3n) is 4.18. The largest absolute Gasteiger partial charge is 0.387 e. The Morgan fingerprint density at radius 2 is 2.08 bits per heavy atom. The number of morpholine rings is 1. The molecule has 0 aromatic carbocycles. The fourth-order valence-electron chi connectivity index (χ4n) is 2.66.